The van der Waals surface area contributed by atoms with Crippen LogP contribution in [0, 0.1) is 20.8 Å². The normalized spacial score (nSPS) is 13.6. The van der Waals surface area contributed by atoms with Gasteiger partial charge in [-0.25, -0.2) is 0 Å². The molecular weight excluding hydrogens is 495 g/mol. The first-order chi connectivity index (χ1) is 16.6. The van der Waals surface area contributed by atoms with Crippen molar-refractivity contribution in [2.75, 3.05) is 0 Å². The number of rotatable bonds is 2. The summed E-state index contributed by atoms with van der Waals surface area (Å²) < 4.78 is 61.6. The molecule has 0 atom stereocenters. The summed E-state index contributed by atoms with van der Waals surface area (Å²) in [5.41, 5.74) is 10.3. The average Bonchev–Trinajstić information content (AvgIpc) is 2.76. The molecule has 5 rings (SSSR count). The van der Waals surface area contributed by atoms with Crippen molar-refractivity contribution in [1.29, 1.82) is 0 Å². The Morgan fingerprint density at radius 3 is 1.36 bits per heavy atom. The van der Waals surface area contributed by atoms with Gasteiger partial charge in [-0.2, -0.15) is 4.57 Å². The van der Waals surface area contributed by atoms with Crippen LogP contribution in [-0.4, -0.2) is 0 Å². The molecule has 1 aromatic heterocycles. The van der Waals surface area contributed by atoms with E-state index in [4.69, 9.17) is 0 Å². The molecule has 0 saturated carbocycles. The molecule has 0 amide bonds. The van der Waals surface area contributed by atoms with Crippen LogP contribution in [0.15, 0.2) is 91.0 Å². The summed E-state index contributed by atoms with van der Waals surface area (Å²) in [5.74, 6) is 0. The number of aryl methyl sites for hydroxylation is 3. The second-order valence-electron chi connectivity index (χ2n) is 8.81. The van der Waals surface area contributed by atoms with Gasteiger partial charge < -0.3 is 0 Å². The molecule has 1 heterocycles. The number of hydrogen-bond acceptors (Lipinski definition) is 0. The van der Waals surface area contributed by atoms with Gasteiger partial charge in [-0.05, 0) is 49.6 Å². The molecule has 188 valence electrons. The average molecular weight is 519 g/mol. The molecule has 1 nitrogen and oxygen atoms in total. The Balaban J connectivity index is 0.000000384. The fourth-order valence-electron chi connectivity index (χ4n) is 4.73. The molecule has 0 radical (unpaired) electrons. The van der Waals surface area contributed by atoms with E-state index in [1.807, 2.05) is 0 Å². The van der Waals surface area contributed by atoms with E-state index in [1.165, 1.54) is 55.3 Å². The number of aromatic nitrogens is 1. The number of benzene rings is 4. The predicted octanol–water partition coefficient (Wildman–Crippen LogP) is 10.2. The number of para-hydroxylation sites is 3. The second kappa shape index (κ2) is 8.31. The van der Waals surface area contributed by atoms with Gasteiger partial charge in [0, 0.05) is 29.8 Å². The van der Waals surface area contributed by atoms with Crippen LogP contribution in [-0.2, 0) is 0 Å². The van der Waals surface area contributed by atoms with Crippen LogP contribution < -0.4 is 4.57 Å². The Hall–Kier alpha value is -3.44. The third kappa shape index (κ3) is 6.03. The van der Waals surface area contributed by atoms with Gasteiger partial charge in [-0.3, -0.25) is 0 Å². The summed E-state index contributed by atoms with van der Waals surface area (Å²) in [5, 5.41) is 2.57. The summed E-state index contributed by atoms with van der Waals surface area (Å²) in [6, 6.07) is 32.8. The van der Waals surface area contributed by atoms with E-state index >= 15 is 0 Å². The van der Waals surface area contributed by atoms with E-state index in [2.05, 4.69) is 116 Å². The van der Waals surface area contributed by atoms with Gasteiger partial charge in [0.25, 0.3) is 0 Å². The van der Waals surface area contributed by atoms with Gasteiger partial charge in [0.05, 0.1) is 10.8 Å². The Morgan fingerprint density at radius 1 is 0.528 bits per heavy atom. The molecule has 0 N–H and O–H groups in total. The minimum atomic E-state index is -10.7. The summed E-state index contributed by atoms with van der Waals surface area (Å²) >= 11 is 0. The van der Waals surface area contributed by atoms with Gasteiger partial charge in [0.15, 0.2) is 0 Å². The van der Waals surface area contributed by atoms with Crippen molar-refractivity contribution in [3.05, 3.63) is 108 Å². The molecule has 0 aliphatic heterocycles. The van der Waals surface area contributed by atoms with Crippen LogP contribution in [0.25, 0.3) is 38.6 Å². The minimum absolute atomic E-state index is 1.18. The van der Waals surface area contributed by atoms with Crippen molar-refractivity contribution in [2.45, 2.75) is 20.8 Å². The predicted molar refractivity (Wildman–Crippen MR) is 136 cm³/mol. The van der Waals surface area contributed by atoms with Gasteiger partial charge in [-0.15, -0.1) is 0 Å². The van der Waals surface area contributed by atoms with Gasteiger partial charge in [-0.1, -0.05) is 60.2 Å². The monoisotopic (exact) mass is 519 g/mol. The van der Waals surface area contributed by atoms with Gasteiger partial charge in [0.1, 0.15) is 0 Å². The van der Waals surface area contributed by atoms with Gasteiger partial charge >= 0.3 is 33.0 Å². The quantitative estimate of drug-likeness (QED) is 0.0946. The first-order valence-electron chi connectivity index (χ1n) is 11.2. The van der Waals surface area contributed by atoms with Crippen LogP contribution in [0.1, 0.15) is 16.7 Å². The second-order valence-corrected chi connectivity index (χ2v) is 10.7. The van der Waals surface area contributed by atoms with Crippen molar-refractivity contribution in [3.63, 3.8) is 0 Å². The molecule has 0 fully saturated rings. The molecule has 0 unspecified atom stereocenters. The molecule has 36 heavy (non-hydrogen) atoms. The molecule has 8 heteroatoms. The third-order valence-corrected chi connectivity index (χ3v) is 5.77. The maximum absolute atomic E-state index is 10.7. The number of halogens is 6. The number of fused-ring (bicyclic) bond motifs is 2. The van der Waals surface area contributed by atoms with Gasteiger partial charge in [0.2, 0.25) is 16.7 Å². The summed E-state index contributed by atoms with van der Waals surface area (Å²) in [7, 11) is -10.7. The Kier molecular flexibility index (Phi) is 5.92. The number of nitrogens with zero attached hydrogens (tertiary/aromatic N) is 1. The van der Waals surface area contributed by atoms with E-state index in [0.717, 1.165) is 0 Å². The van der Waals surface area contributed by atoms with Crippen molar-refractivity contribution < 1.29 is 29.7 Å². The zero-order valence-corrected chi connectivity index (χ0v) is 20.7. The van der Waals surface area contributed by atoms with Crippen LogP contribution >= 0.6 is 7.81 Å². The zero-order chi connectivity index (χ0) is 26.4. The van der Waals surface area contributed by atoms with Crippen LogP contribution in [0.3, 0.4) is 0 Å². The first-order valence-corrected chi connectivity index (χ1v) is 13.2. The summed E-state index contributed by atoms with van der Waals surface area (Å²) in [6.45, 7) is 6.64. The number of pyridine rings is 1. The Bertz CT molecular complexity index is 1500. The Morgan fingerprint density at radius 2 is 0.917 bits per heavy atom. The molecular formula is C28H24F6NP. The SMILES string of the molecule is Cc1cc(C)c(-c2c3ccccc3[n+](-c3ccccc3)c3ccccc23)c(C)c1.F[P-](F)(F)(F)(F)F. The standard InChI is InChI=1S/C28H24N.F6P/c1-19-17-20(2)27(21(3)18-19)28-23-13-7-9-15-25(23)29(22-11-5-4-6-12-22)26-16-10-8-14-24(26)28;1-7(2,3,4,5)6/h4-18H,1-3H3;/q+1;-1. The molecule has 0 bridgehead atoms. The van der Waals surface area contributed by atoms with Crippen molar-refractivity contribution >= 4 is 29.6 Å². The van der Waals surface area contributed by atoms with Crippen LogP contribution in [0.4, 0.5) is 25.2 Å². The third-order valence-electron chi connectivity index (χ3n) is 5.77. The molecule has 0 aliphatic rings. The van der Waals surface area contributed by atoms with Crippen molar-refractivity contribution in [3.8, 4) is 16.8 Å². The fourth-order valence-corrected chi connectivity index (χ4v) is 4.73. The fraction of sp³-hybridized carbons (Fsp3) is 0.107. The summed E-state index contributed by atoms with van der Waals surface area (Å²) in [6.07, 6.45) is 0. The number of hydrogen-bond donors (Lipinski definition) is 0. The summed E-state index contributed by atoms with van der Waals surface area (Å²) in [4.78, 5) is 0. The Labute approximate surface area is 204 Å². The van der Waals surface area contributed by atoms with Crippen LogP contribution in [0.5, 0.6) is 0 Å². The van der Waals surface area contributed by atoms with E-state index in [0.29, 0.717) is 0 Å². The maximum atomic E-state index is 9.87. The van der Waals surface area contributed by atoms with Crippen molar-refractivity contribution in [2.24, 2.45) is 0 Å². The first kappa shape index (κ1) is 25.6. The van der Waals surface area contributed by atoms with Crippen molar-refractivity contribution in [1.82, 2.24) is 0 Å². The van der Waals surface area contributed by atoms with E-state index in [9.17, 15) is 25.2 Å². The molecule has 0 aliphatic carbocycles. The molecule has 4 aromatic carbocycles. The molecule has 0 saturated heterocycles. The molecule has 5 aromatic rings. The van der Waals surface area contributed by atoms with E-state index < -0.39 is 7.81 Å². The zero-order valence-electron chi connectivity index (χ0n) is 19.8. The van der Waals surface area contributed by atoms with E-state index in [1.54, 1.807) is 0 Å². The van der Waals surface area contributed by atoms with Crippen LogP contribution in [0.2, 0.25) is 0 Å². The molecule has 0 spiro atoms. The van der Waals surface area contributed by atoms with E-state index in [-0.39, 0.29) is 0 Å². The topological polar surface area (TPSA) is 3.88 Å².